The first-order valence-electron chi connectivity index (χ1n) is 4.91. The molecule has 1 N–H and O–H groups in total. The zero-order chi connectivity index (χ0) is 11.2. The van der Waals surface area contributed by atoms with Crippen molar-refractivity contribution in [1.82, 2.24) is 10.3 Å². The topological polar surface area (TPSA) is 42.0 Å². The summed E-state index contributed by atoms with van der Waals surface area (Å²) in [5, 5.41) is 3.40. The molecule has 2 rings (SSSR count). The second-order valence-electron chi connectivity index (χ2n) is 4.40. The Bertz CT molecular complexity index is 429. The van der Waals surface area contributed by atoms with Crippen LogP contribution in [0.5, 0.6) is 0 Å². The fraction of sp³-hybridized carbons (Fsp3) is 0.455. The average molecular weight is 225 g/mol. The highest BCUT2D eigenvalue weighted by Gasteiger charge is 2.36. The number of fused-ring (bicyclic) bond motifs is 1. The molecule has 0 aliphatic carbocycles. The molecule has 1 aromatic rings. The van der Waals surface area contributed by atoms with E-state index in [1.54, 1.807) is 6.07 Å². The summed E-state index contributed by atoms with van der Waals surface area (Å²) >= 11 is 5.84. The van der Waals surface area contributed by atoms with Gasteiger partial charge >= 0.3 is 0 Å². The van der Waals surface area contributed by atoms with Crippen LogP contribution in [0.4, 0.5) is 0 Å². The van der Waals surface area contributed by atoms with Crippen molar-refractivity contribution in [1.29, 1.82) is 0 Å². The highest BCUT2D eigenvalue weighted by molar-refractivity contribution is 6.29. The van der Waals surface area contributed by atoms with Gasteiger partial charge in [-0.2, -0.15) is 0 Å². The van der Waals surface area contributed by atoms with E-state index in [-0.39, 0.29) is 17.4 Å². The van der Waals surface area contributed by atoms with E-state index in [0.717, 1.165) is 11.3 Å². The van der Waals surface area contributed by atoms with E-state index in [1.165, 1.54) is 0 Å². The standard InChI is InChI=1S/C11H13ClN2O/c1-6-9-7(4-5-8(12)13-9)11(2,3)14-10(6)15/h4-6H,1-3H3,(H,14,15). The molecule has 0 radical (unpaired) electrons. The molecule has 4 heteroatoms. The van der Waals surface area contributed by atoms with Gasteiger partial charge in [-0.3, -0.25) is 4.79 Å². The summed E-state index contributed by atoms with van der Waals surface area (Å²) in [6, 6.07) is 3.69. The van der Waals surface area contributed by atoms with Crippen molar-refractivity contribution in [3.63, 3.8) is 0 Å². The van der Waals surface area contributed by atoms with Crippen LogP contribution < -0.4 is 5.32 Å². The number of carbonyl (C=O) groups excluding carboxylic acids is 1. The number of hydrogen-bond acceptors (Lipinski definition) is 2. The second kappa shape index (κ2) is 3.20. The molecule has 0 fully saturated rings. The Morgan fingerprint density at radius 3 is 2.80 bits per heavy atom. The number of amides is 1. The summed E-state index contributed by atoms with van der Waals surface area (Å²) in [7, 11) is 0. The van der Waals surface area contributed by atoms with Crippen molar-refractivity contribution >= 4 is 17.5 Å². The highest BCUT2D eigenvalue weighted by Crippen LogP contribution is 2.33. The van der Waals surface area contributed by atoms with Crippen molar-refractivity contribution in [2.24, 2.45) is 0 Å². The second-order valence-corrected chi connectivity index (χ2v) is 4.79. The van der Waals surface area contributed by atoms with Gasteiger partial charge in [-0.1, -0.05) is 17.7 Å². The molecule has 1 unspecified atom stereocenters. The quantitative estimate of drug-likeness (QED) is 0.687. The van der Waals surface area contributed by atoms with Crippen LogP contribution in [0.25, 0.3) is 0 Å². The highest BCUT2D eigenvalue weighted by atomic mass is 35.5. The molecule has 1 aromatic heterocycles. The van der Waals surface area contributed by atoms with Gasteiger partial charge in [0, 0.05) is 0 Å². The van der Waals surface area contributed by atoms with Crippen molar-refractivity contribution in [2.45, 2.75) is 32.2 Å². The minimum absolute atomic E-state index is 0.00210. The molecule has 2 heterocycles. The first kappa shape index (κ1) is 10.4. The monoisotopic (exact) mass is 224 g/mol. The van der Waals surface area contributed by atoms with Crippen molar-refractivity contribution in [3.8, 4) is 0 Å². The number of halogens is 1. The third-order valence-corrected chi connectivity index (χ3v) is 3.01. The van der Waals surface area contributed by atoms with Gasteiger partial charge in [0.15, 0.2) is 0 Å². The number of pyridine rings is 1. The number of hydrogen-bond donors (Lipinski definition) is 1. The normalized spacial score (nSPS) is 23.2. The Kier molecular flexibility index (Phi) is 2.23. The van der Waals surface area contributed by atoms with E-state index in [1.807, 2.05) is 26.8 Å². The lowest BCUT2D eigenvalue weighted by atomic mass is 9.84. The summed E-state index contributed by atoms with van der Waals surface area (Å²) < 4.78 is 0. The molecule has 1 amide bonds. The smallest absolute Gasteiger partial charge is 0.229 e. The maximum atomic E-state index is 11.7. The lowest BCUT2D eigenvalue weighted by Gasteiger charge is -2.35. The lowest BCUT2D eigenvalue weighted by molar-refractivity contribution is -0.124. The van der Waals surface area contributed by atoms with Crippen molar-refractivity contribution in [2.75, 3.05) is 0 Å². The molecule has 3 nitrogen and oxygen atoms in total. The SMILES string of the molecule is CC1C(=O)NC(C)(C)c2ccc(Cl)nc21. The summed E-state index contributed by atoms with van der Waals surface area (Å²) in [6.45, 7) is 5.77. The van der Waals surface area contributed by atoms with E-state index in [9.17, 15) is 4.79 Å². The van der Waals surface area contributed by atoms with Crippen LogP contribution in [0, 0.1) is 0 Å². The van der Waals surface area contributed by atoms with Crippen LogP contribution in [-0.4, -0.2) is 10.9 Å². The van der Waals surface area contributed by atoms with Crippen LogP contribution in [0.15, 0.2) is 12.1 Å². The molecule has 0 spiro atoms. The minimum Gasteiger partial charge on any atom is -0.347 e. The summed E-state index contributed by atoms with van der Waals surface area (Å²) in [5.74, 6) is -0.228. The van der Waals surface area contributed by atoms with E-state index >= 15 is 0 Å². The molecule has 0 saturated carbocycles. The number of aromatic nitrogens is 1. The van der Waals surface area contributed by atoms with E-state index in [2.05, 4.69) is 10.3 Å². The van der Waals surface area contributed by atoms with Gasteiger partial charge in [-0.05, 0) is 32.4 Å². The van der Waals surface area contributed by atoms with E-state index in [4.69, 9.17) is 11.6 Å². The molecular weight excluding hydrogens is 212 g/mol. The first-order chi connectivity index (χ1) is 6.92. The number of rotatable bonds is 0. The van der Waals surface area contributed by atoms with E-state index < -0.39 is 0 Å². The summed E-state index contributed by atoms with van der Waals surface area (Å²) in [4.78, 5) is 15.9. The molecule has 0 bridgehead atoms. The molecule has 0 aromatic carbocycles. The van der Waals surface area contributed by atoms with Gasteiger partial charge in [-0.25, -0.2) is 4.98 Å². The van der Waals surface area contributed by atoms with Crippen LogP contribution in [-0.2, 0) is 10.3 Å². The number of carbonyl (C=O) groups is 1. The Labute approximate surface area is 93.8 Å². The Morgan fingerprint density at radius 1 is 1.47 bits per heavy atom. The van der Waals surface area contributed by atoms with Gasteiger partial charge in [0.2, 0.25) is 5.91 Å². The third kappa shape index (κ3) is 1.61. The van der Waals surface area contributed by atoms with Gasteiger partial charge < -0.3 is 5.32 Å². The molecule has 1 aliphatic heterocycles. The van der Waals surface area contributed by atoms with Crippen LogP contribution >= 0.6 is 11.6 Å². The van der Waals surface area contributed by atoms with E-state index in [0.29, 0.717) is 5.15 Å². The maximum Gasteiger partial charge on any atom is 0.229 e. The predicted octanol–water partition coefficient (Wildman–Crippen LogP) is 2.20. The summed E-state index contributed by atoms with van der Waals surface area (Å²) in [5.41, 5.74) is 1.46. The van der Waals surface area contributed by atoms with Crippen LogP contribution in [0.2, 0.25) is 5.15 Å². The third-order valence-electron chi connectivity index (χ3n) is 2.80. The van der Waals surface area contributed by atoms with Gasteiger partial charge in [0.05, 0.1) is 17.2 Å². The Morgan fingerprint density at radius 2 is 2.13 bits per heavy atom. The summed E-state index contributed by atoms with van der Waals surface area (Å²) in [6.07, 6.45) is 0. The van der Waals surface area contributed by atoms with Crippen LogP contribution in [0.3, 0.4) is 0 Å². The Hall–Kier alpha value is -1.09. The zero-order valence-corrected chi connectivity index (χ0v) is 9.72. The molecule has 0 saturated heterocycles. The van der Waals surface area contributed by atoms with Gasteiger partial charge in [0.25, 0.3) is 0 Å². The fourth-order valence-electron chi connectivity index (χ4n) is 1.92. The van der Waals surface area contributed by atoms with Crippen molar-refractivity contribution < 1.29 is 4.79 Å². The largest absolute Gasteiger partial charge is 0.347 e. The number of nitrogens with one attached hydrogen (secondary N) is 1. The fourth-order valence-corrected chi connectivity index (χ4v) is 2.07. The predicted molar refractivity (Wildman–Crippen MR) is 58.8 cm³/mol. The average Bonchev–Trinajstić information content (AvgIpc) is 2.13. The molecule has 15 heavy (non-hydrogen) atoms. The first-order valence-corrected chi connectivity index (χ1v) is 5.28. The molecule has 1 atom stereocenters. The maximum absolute atomic E-state index is 11.7. The van der Waals surface area contributed by atoms with Crippen LogP contribution in [0.1, 0.15) is 37.9 Å². The van der Waals surface area contributed by atoms with Crippen molar-refractivity contribution in [3.05, 3.63) is 28.5 Å². The lowest BCUT2D eigenvalue weighted by Crippen LogP contribution is -2.48. The van der Waals surface area contributed by atoms with Gasteiger partial charge in [-0.15, -0.1) is 0 Å². The minimum atomic E-state index is -0.365. The molecule has 80 valence electrons. The Balaban J connectivity index is 2.64. The van der Waals surface area contributed by atoms with Gasteiger partial charge in [0.1, 0.15) is 5.15 Å². The zero-order valence-electron chi connectivity index (χ0n) is 8.97. The number of nitrogens with zero attached hydrogens (tertiary/aromatic N) is 1. The molecule has 1 aliphatic rings. The molecular formula is C11H13ClN2O.